The van der Waals surface area contributed by atoms with Crippen molar-refractivity contribution in [2.75, 3.05) is 4.72 Å². The first-order valence-electron chi connectivity index (χ1n) is 4.86. The summed E-state index contributed by atoms with van der Waals surface area (Å²) in [4.78, 5) is 9.06. The predicted molar refractivity (Wildman–Crippen MR) is 62.5 cm³/mol. The Bertz CT molecular complexity index is 714. The summed E-state index contributed by atoms with van der Waals surface area (Å²) in [7, 11) is -4.03. The van der Waals surface area contributed by atoms with Gasteiger partial charge in [-0.2, -0.15) is 9.49 Å². The lowest BCUT2D eigenvalue weighted by molar-refractivity contribution is -0.387. The molecule has 0 fully saturated rings. The number of halogens is 1. The molecule has 0 saturated carbocycles. The third kappa shape index (κ3) is 2.68. The number of sulfonamides is 1. The Hall–Kier alpha value is -2.49. The first kappa shape index (κ1) is 13.0. The van der Waals surface area contributed by atoms with E-state index in [9.17, 15) is 22.9 Å². The first-order chi connectivity index (χ1) is 8.90. The number of rotatable bonds is 4. The molecule has 0 aliphatic carbocycles. The van der Waals surface area contributed by atoms with Crippen molar-refractivity contribution in [3.05, 3.63) is 46.4 Å². The Morgan fingerprint density at radius 3 is 2.63 bits per heavy atom. The van der Waals surface area contributed by atoms with Gasteiger partial charge in [0.1, 0.15) is 5.82 Å². The second kappa shape index (κ2) is 4.65. The zero-order valence-corrected chi connectivity index (χ0v) is 10.0. The number of benzene rings is 1. The molecule has 19 heavy (non-hydrogen) atoms. The number of hydrogen-bond acceptors (Lipinski definition) is 5. The lowest BCUT2D eigenvalue weighted by atomic mass is 10.3. The van der Waals surface area contributed by atoms with Gasteiger partial charge in [-0.05, 0) is 6.07 Å². The minimum Gasteiger partial charge on any atom is -0.264 e. The van der Waals surface area contributed by atoms with Crippen LogP contribution in [-0.2, 0) is 10.0 Å². The number of aromatic amines is 1. The van der Waals surface area contributed by atoms with Crippen LogP contribution in [0, 0.1) is 15.9 Å². The second-order valence-electron chi connectivity index (χ2n) is 3.45. The van der Waals surface area contributed by atoms with E-state index in [1.54, 1.807) is 0 Å². The van der Waals surface area contributed by atoms with E-state index in [0.29, 0.717) is 6.07 Å². The van der Waals surface area contributed by atoms with Gasteiger partial charge in [-0.15, -0.1) is 0 Å². The fraction of sp³-hybridized carbons (Fsp3) is 0. The van der Waals surface area contributed by atoms with Crippen LogP contribution in [0.5, 0.6) is 0 Å². The molecule has 1 aromatic heterocycles. The molecule has 0 bridgehead atoms. The molecule has 2 rings (SSSR count). The maximum atomic E-state index is 13.4. The number of hydrogen-bond donors (Lipinski definition) is 2. The van der Waals surface area contributed by atoms with Gasteiger partial charge >= 0.3 is 5.69 Å². The van der Waals surface area contributed by atoms with Crippen molar-refractivity contribution < 1.29 is 17.7 Å². The van der Waals surface area contributed by atoms with Crippen LogP contribution in [0.2, 0.25) is 0 Å². The summed E-state index contributed by atoms with van der Waals surface area (Å²) in [6, 6.07) is 3.67. The topological polar surface area (TPSA) is 118 Å². The van der Waals surface area contributed by atoms with E-state index in [4.69, 9.17) is 0 Å². The molecule has 0 radical (unpaired) electrons. The smallest absolute Gasteiger partial charge is 0.264 e. The highest BCUT2D eigenvalue weighted by atomic mass is 32.2. The van der Waals surface area contributed by atoms with Gasteiger partial charge < -0.3 is 0 Å². The summed E-state index contributed by atoms with van der Waals surface area (Å²) in [5.41, 5.74) is -0.791. The summed E-state index contributed by atoms with van der Waals surface area (Å²) in [6.45, 7) is 0. The minimum absolute atomic E-state index is 0.0961. The lowest BCUT2D eigenvalue weighted by Gasteiger charge is -2.05. The maximum absolute atomic E-state index is 13.4. The molecule has 0 atom stereocenters. The Balaban J connectivity index is 2.36. The summed E-state index contributed by atoms with van der Waals surface area (Å²) in [5.74, 6) is -1.13. The molecule has 1 heterocycles. The van der Waals surface area contributed by atoms with E-state index in [1.807, 2.05) is 0 Å². The van der Waals surface area contributed by atoms with Crippen molar-refractivity contribution in [3.63, 3.8) is 0 Å². The molecule has 2 N–H and O–H groups in total. The summed E-state index contributed by atoms with van der Waals surface area (Å²) >= 11 is 0. The fourth-order valence-electron chi connectivity index (χ4n) is 1.32. The minimum atomic E-state index is -4.03. The molecule has 8 nitrogen and oxygen atoms in total. The van der Waals surface area contributed by atoms with Gasteiger partial charge in [0.15, 0.2) is 0 Å². The van der Waals surface area contributed by atoms with Gasteiger partial charge in [0.05, 0.1) is 16.0 Å². The molecule has 0 aliphatic heterocycles. The van der Waals surface area contributed by atoms with Crippen LogP contribution in [0.25, 0.3) is 0 Å². The van der Waals surface area contributed by atoms with E-state index in [0.717, 1.165) is 12.1 Å². The quantitative estimate of drug-likeness (QED) is 0.648. The van der Waals surface area contributed by atoms with Crippen molar-refractivity contribution >= 4 is 21.5 Å². The highest BCUT2D eigenvalue weighted by Gasteiger charge is 2.20. The Morgan fingerprint density at radius 1 is 1.37 bits per heavy atom. The van der Waals surface area contributed by atoms with Crippen molar-refractivity contribution in [3.8, 4) is 0 Å². The van der Waals surface area contributed by atoms with Crippen molar-refractivity contribution in [1.82, 2.24) is 10.2 Å². The highest BCUT2D eigenvalue weighted by Crippen LogP contribution is 2.22. The fourth-order valence-corrected chi connectivity index (χ4v) is 2.35. The molecule has 0 spiro atoms. The van der Waals surface area contributed by atoms with Gasteiger partial charge in [-0.25, -0.2) is 8.42 Å². The molecular formula is C9H7FN4O4S. The molecule has 10 heteroatoms. The van der Waals surface area contributed by atoms with Crippen LogP contribution >= 0.6 is 0 Å². The van der Waals surface area contributed by atoms with Gasteiger partial charge in [-0.1, -0.05) is 0 Å². The van der Waals surface area contributed by atoms with E-state index >= 15 is 0 Å². The van der Waals surface area contributed by atoms with Crippen LogP contribution in [0.3, 0.4) is 0 Å². The molecule has 100 valence electrons. The Morgan fingerprint density at radius 2 is 2.11 bits per heavy atom. The highest BCUT2D eigenvalue weighted by molar-refractivity contribution is 7.92. The number of nitro groups is 1. The van der Waals surface area contributed by atoms with Crippen LogP contribution in [-0.4, -0.2) is 23.5 Å². The normalized spacial score (nSPS) is 11.2. The molecular weight excluding hydrogens is 279 g/mol. The van der Waals surface area contributed by atoms with E-state index in [-0.39, 0.29) is 5.82 Å². The zero-order valence-electron chi connectivity index (χ0n) is 9.20. The first-order valence-corrected chi connectivity index (χ1v) is 6.34. The Kier molecular flexibility index (Phi) is 3.17. The Labute approximate surface area is 106 Å². The number of nitro benzene ring substituents is 1. The predicted octanol–water partition coefficient (Wildman–Crippen LogP) is 1.26. The van der Waals surface area contributed by atoms with Gasteiger partial charge in [-0.3, -0.25) is 19.9 Å². The van der Waals surface area contributed by atoms with Crippen LogP contribution in [0.15, 0.2) is 35.4 Å². The standard InChI is InChI=1S/C9H7FN4O4S/c10-7-5-6(1-2-8(7)14(15)16)19(17,18)13-9-3-4-11-12-9/h1-5H,(H2,11,12,13). The molecule has 0 amide bonds. The SMILES string of the molecule is O=[N+]([O-])c1ccc(S(=O)(=O)Nc2ccn[nH]2)cc1F. The maximum Gasteiger partial charge on any atom is 0.304 e. The summed E-state index contributed by atoms with van der Waals surface area (Å²) in [6.07, 6.45) is 1.33. The molecule has 1 aromatic carbocycles. The van der Waals surface area contributed by atoms with Crippen molar-refractivity contribution in [2.45, 2.75) is 4.90 Å². The number of nitrogens with one attached hydrogen (secondary N) is 2. The lowest BCUT2D eigenvalue weighted by Crippen LogP contribution is -2.13. The van der Waals surface area contributed by atoms with Crippen LogP contribution in [0.4, 0.5) is 15.9 Å². The molecule has 0 unspecified atom stereocenters. The van der Waals surface area contributed by atoms with Crippen LogP contribution < -0.4 is 4.72 Å². The zero-order chi connectivity index (χ0) is 14.0. The average Bonchev–Trinajstić information content (AvgIpc) is 2.80. The number of aromatic nitrogens is 2. The average molecular weight is 286 g/mol. The largest absolute Gasteiger partial charge is 0.304 e. The van der Waals surface area contributed by atoms with E-state index in [2.05, 4.69) is 14.9 Å². The summed E-state index contributed by atoms with van der Waals surface area (Å²) < 4.78 is 39.1. The third-order valence-electron chi connectivity index (χ3n) is 2.17. The number of H-pyrrole nitrogens is 1. The number of nitrogens with zero attached hydrogens (tertiary/aromatic N) is 2. The van der Waals surface area contributed by atoms with E-state index < -0.39 is 31.3 Å². The second-order valence-corrected chi connectivity index (χ2v) is 5.13. The van der Waals surface area contributed by atoms with Crippen molar-refractivity contribution in [2.24, 2.45) is 0 Å². The monoisotopic (exact) mass is 286 g/mol. The van der Waals surface area contributed by atoms with Crippen LogP contribution in [0.1, 0.15) is 0 Å². The number of anilines is 1. The van der Waals surface area contributed by atoms with Gasteiger partial charge in [0, 0.05) is 18.2 Å². The van der Waals surface area contributed by atoms with Gasteiger partial charge in [0.2, 0.25) is 5.82 Å². The third-order valence-corrected chi connectivity index (χ3v) is 3.53. The molecule has 0 saturated heterocycles. The molecule has 2 aromatic rings. The molecule has 0 aliphatic rings. The van der Waals surface area contributed by atoms with Crippen molar-refractivity contribution in [1.29, 1.82) is 0 Å². The summed E-state index contributed by atoms with van der Waals surface area (Å²) in [5, 5.41) is 16.3. The van der Waals surface area contributed by atoms with E-state index in [1.165, 1.54) is 12.3 Å². The van der Waals surface area contributed by atoms with Gasteiger partial charge in [0.25, 0.3) is 10.0 Å².